The van der Waals surface area contributed by atoms with Crippen molar-refractivity contribution in [3.05, 3.63) is 6.42 Å². The highest BCUT2D eigenvalue weighted by Crippen LogP contribution is 2.09. The molecule has 79 valence electrons. The first-order valence-corrected chi connectivity index (χ1v) is 5.89. The minimum Gasteiger partial charge on any atom is -0.330 e. The van der Waals surface area contributed by atoms with Gasteiger partial charge in [0.1, 0.15) is 0 Å². The number of nitrogens with two attached hydrogens (primary N) is 1. The van der Waals surface area contributed by atoms with Gasteiger partial charge in [0, 0.05) is 0 Å². The zero-order valence-electron chi connectivity index (χ0n) is 9.23. The third-order valence-electron chi connectivity index (χ3n) is 2.45. The second kappa shape index (κ2) is 12.0. The lowest BCUT2D eigenvalue weighted by Crippen LogP contribution is -1.97. The molecule has 0 saturated heterocycles. The molecule has 0 aliphatic heterocycles. The summed E-state index contributed by atoms with van der Waals surface area (Å²) in [5, 5.41) is 0. The van der Waals surface area contributed by atoms with Crippen LogP contribution < -0.4 is 5.73 Å². The highest BCUT2D eigenvalue weighted by atomic mass is 14.5. The topological polar surface area (TPSA) is 26.0 Å². The summed E-state index contributed by atoms with van der Waals surface area (Å²) in [7, 11) is 0. The molecule has 1 nitrogen and oxygen atoms in total. The molecule has 0 rings (SSSR count). The van der Waals surface area contributed by atoms with E-state index in [4.69, 9.17) is 5.73 Å². The quantitative estimate of drug-likeness (QED) is 0.515. The molecular formula is C12H26N. The van der Waals surface area contributed by atoms with E-state index < -0.39 is 0 Å². The molecule has 0 unspecified atom stereocenters. The molecule has 0 aromatic rings. The van der Waals surface area contributed by atoms with E-state index >= 15 is 0 Å². The van der Waals surface area contributed by atoms with Gasteiger partial charge in [0.2, 0.25) is 0 Å². The minimum atomic E-state index is 0.867. The van der Waals surface area contributed by atoms with E-state index in [0.29, 0.717) is 0 Å². The lowest BCUT2D eigenvalue weighted by Gasteiger charge is -2.00. The zero-order valence-corrected chi connectivity index (χ0v) is 9.23. The van der Waals surface area contributed by atoms with Crippen molar-refractivity contribution in [1.29, 1.82) is 0 Å². The molecular weight excluding hydrogens is 158 g/mol. The Labute approximate surface area is 84.1 Å². The van der Waals surface area contributed by atoms with Crippen molar-refractivity contribution in [1.82, 2.24) is 0 Å². The van der Waals surface area contributed by atoms with Gasteiger partial charge in [0.15, 0.2) is 0 Å². The molecule has 2 N–H and O–H groups in total. The molecule has 0 aromatic heterocycles. The van der Waals surface area contributed by atoms with Gasteiger partial charge in [-0.05, 0) is 19.4 Å². The van der Waals surface area contributed by atoms with Crippen LogP contribution in [0.5, 0.6) is 0 Å². The maximum atomic E-state index is 5.42. The van der Waals surface area contributed by atoms with E-state index in [-0.39, 0.29) is 0 Å². The summed E-state index contributed by atoms with van der Waals surface area (Å²) < 4.78 is 0. The van der Waals surface area contributed by atoms with Gasteiger partial charge in [-0.1, -0.05) is 58.3 Å². The van der Waals surface area contributed by atoms with Gasteiger partial charge in [0.25, 0.3) is 0 Å². The molecule has 0 bridgehead atoms. The fraction of sp³-hybridized carbons (Fsp3) is 0.917. The molecule has 0 saturated carbocycles. The summed E-state index contributed by atoms with van der Waals surface area (Å²) in [6, 6.07) is 0. The zero-order chi connectivity index (χ0) is 9.78. The van der Waals surface area contributed by atoms with Gasteiger partial charge in [-0.15, -0.1) is 0 Å². The van der Waals surface area contributed by atoms with Gasteiger partial charge >= 0.3 is 0 Å². The molecule has 0 spiro atoms. The van der Waals surface area contributed by atoms with Crippen molar-refractivity contribution in [2.24, 2.45) is 5.73 Å². The van der Waals surface area contributed by atoms with Crippen LogP contribution in [0.4, 0.5) is 0 Å². The Balaban J connectivity index is 2.76. The molecule has 0 aliphatic rings. The highest BCUT2D eigenvalue weighted by Gasteiger charge is 1.91. The van der Waals surface area contributed by atoms with Crippen molar-refractivity contribution in [2.45, 2.75) is 64.7 Å². The highest BCUT2D eigenvalue weighted by molar-refractivity contribution is 4.55. The predicted octanol–water partition coefficient (Wildman–Crippen LogP) is 3.68. The van der Waals surface area contributed by atoms with Crippen molar-refractivity contribution < 1.29 is 0 Å². The fourth-order valence-corrected chi connectivity index (χ4v) is 1.55. The molecule has 0 fully saturated rings. The van der Waals surface area contributed by atoms with Gasteiger partial charge in [-0.3, -0.25) is 0 Å². The molecule has 0 atom stereocenters. The van der Waals surface area contributed by atoms with E-state index in [2.05, 4.69) is 13.3 Å². The Bertz CT molecular complexity index is 71.2. The lowest BCUT2D eigenvalue weighted by atomic mass is 10.1. The number of hydrogen-bond acceptors (Lipinski definition) is 1. The SMILES string of the molecule is C[CH]CCCCCCCCCCN. The lowest BCUT2D eigenvalue weighted by molar-refractivity contribution is 0.569. The van der Waals surface area contributed by atoms with Gasteiger partial charge in [-0.25, -0.2) is 0 Å². The summed E-state index contributed by atoms with van der Waals surface area (Å²) in [4.78, 5) is 0. The smallest absolute Gasteiger partial charge is 0.00773 e. The summed E-state index contributed by atoms with van der Waals surface area (Å²) in [6.07, 6.45) is 14.6. The van der Waals surface area contributed by atoms with E-state index in [1.165, 1.54) is 57.8 Å². The number of hydrogen-bond donors (Lipinski definition) is 1. The number of unbranched alkanes of at least 4 members (excludes halogenated alkanes) is 9. The van der Waals surface area contributed by atoms with E-state index in [9.17, 15) is 0 Å². The molecule has 0 aromatic carbocycles. The van der Waals surface area contributed by atoms with Crippen molar-refractivity contribution in [2.75, 3.05) is 6.54 Å². The molecule has 0 heterocycles. The van der Waals surface area contributed by atoms with Gasteiger partial charge in [-0.2, -0.15) is 0 Å². The second-order valence-electron chi connectivity index (χ2n) is 3.81. The van der Waals surface area contributed by atoms with Crippen molar-refractivity contribution in [3.63, 3.8) is 0 Å². The third kappa shape index (κ3) is 12.0. The molecule has 13 heavy (non-hydrogen) atoms. The Morgan fingerprint density at radius 1 is 0.769 bits per heavy atom. The maximum Gasteiger partial charge on any atom is -0.00773 e. The van der Waals surface area contributed by atoms with E-state index in [0.717, 1.165) is 6.54 Å². The predicted molar refractivity (Wildman–Crippen MR) is 60.6 cm³/mol. The van der Waals surface area contributed by atoms with Crippen LogP contribution in [0.25, 0.3) is 0 Å². The summed E-state index contributed by atoms with van der Waals surface area (Å²) in [5.41, 5.74) is 5.42. The first-order valence-electron chi connectivity index (χ1n) is 5.89. The number of rotatable bonds is 10. The van der Waals surface area contributed by atoms with Crippen LogP contribution in [-0.4, -0.2) is 6.54 Å². The second-order valence-corrected chi connectivity index (χ2v) is 3.81. The van der Waals surface area contributed by atoms with E-state index in [1.807, 2.05) is 0 Å². The minimum absolute atomic E-state index is 0.867. The van der Waals surface area contributed by atoms with Crippen LogP contribution in [0.3, 0.4) is 0 Å². The molecule has 0 amide bonds. The molecule has 0 aliphatic carbocycles. The largest absolute Gasteiger partial charge is 0.330 e. The average Bonchev–Trinajstić information content (AvgIpc) is 2.16. The fourth-order valence-electron chi connectivity index (χ4n) is 1.55. The maximum absolute atomic E-state index is 5.42. The summed E-state index contributed by atoms with van der Waals surface area (Å²) in [6.45, 7) is 3.01. The van der Waals surface area contributed by atoms with Crippen molar-refractivity contribution in [3.8, 4) is 0 Å². The van der Waals surface area contributed by atoms with Crippen LogP contribution in [-0.2, 0) is 0 Å². The Morgan fingerprint density at radius 2 is 1.23 bits per heavy atom. The normalized spacial score (nSPS) is 10.6. The van der Waals surface area contributed by atoms with Gasteiger partial charge in [0.05, 0.1) is 0 Å². The van der Waals surface area contributed by atoms with Crippen LogP contribution in [0.2, 0.25) is 0 Å². The first-order chi connectivity index (χ1) is 6.41. The van der Waals surface area contributed by atoms with Crippen molar-refractivity contribution >= 4 is 0 Å². The van der Waals surface area contributed by atoms with Crippen LogP contribution in [0.1, 0.15) is 64.7 Å². The Kier molecular flexibility index (Phi) is 11.9. The first kappa shape index (κ1) is 13.0. The Hall–Kier alpha value is -0.0400. The third-order valence-corrected chi connectivity index (χ3v) is 2.45. The molecule has 1 radical (unpaired) electrons. The summed E-state index contributed by atoms with van der Waals surface area (Å²) >= 11 is 0. The van der Waals surface area contributed by atoms with E-state index in [1.54, 1.807) is 0 Å². The van der Waals surface area contributed by atoms with Crippen LogP contribution in [0.15, 0.2) is 0 Å². The molecule has 1 heteroatoms. The average molecular weight is 184 g/mol. The van der Waals surface area contributed by atoms with Crippen LogP contribution >= 0.6 is 0 Å². The van der Waals surface area contributed by atoms with Crippen LogP contribution in [0, 0.1) is 6.42 Å². The Morgan fingerprint density at radius 3 is 1.69 bits per heavy atom. The standard InChI is InChI=1S/C12H26N/c1-2-3-4-5-6-7-8-9-10-11-12-13/h2H,3-13H2,1H3. The summed E-state index contributed by atoms with van der Waals surface area (Å²) in [5.74, 6) is 0. The van der Waals surface area contributed by atoms with Gasteiger partial charge < -0.3 is 5.73 Å². The monoisotopic (exact) mass is 184 g/mol.